The lowest BCUT2D eigenvalue weighted by Gasteiger charge is -2.04. The summed E-state index contributed by atoms with van der Waals surface area (Å²) in [6, 6.07) is 13.4. The lowest BCUT2D eigenvalue weighted by molar-refractivity contribution is 0.275. The summed E-state index contributed by atoms with van der Waals surface area (Å²) in [5, 5.41) is 18.4. The lowest BCUT2D eigenvalue weighted by atomic mass is 10.0. The summed E-state index contributed by atoms with van der Waals surface area (Å²) in [6.45, 7) is -0.0611. The van der Waals surface area contributed by atoms with Crippen molar-refractivity contribution >= 4 is 12.2 Å². The van der Waals surface area contributed by atoms with Gasteiger partial charge in [-0.3, -0.25) is 0 Å². The van der Waals surface area contributed by atoms with E-state index in [0.717, 1.165) is 28.0 Å². The zero-order chi connectivity index (χ0) is 14.4. The SMILES string of the molecule is COc1ccc(C=Cc2cc(CO)cc(CO)c2)cc1. The molecule has 0 saturated heterocycles. The van der Waals surface area contributed by atoms with Crippen molar-refractivity contribution in [3.8, 4) is 5.75 Å². The standard InChI is InChI=1S/C17H18O3/c1-20-17-6-4-13(5-7-17)2-3-14-8-15(11-18)10-16(9-14)12-19/h2-10,18-19H,11-12H2,1H3. The Morgan fingerprint density at radius 2 is 1.40 bits per heavy atom. The summed E-state index contributed by atoms with van der Waals surface area (Å²) in [5.41, 5.74) is 3.61. The quantitative estimate of drug-likeness (QED) is 0.821. The highest BCUT2D eigenvalue weighted by molar-refractivity contribution is 5.70. The first-order valence-electron chi connectivity index (χ1n) is 6.42. The minimum absolute atomic E-state index is 0.0305. The molecule has 104 valence electrons. The van der Waals surface area contributed by atoms with Gasteiger partial charge in [-0.1, -0.05) is 30.4 Å². The largest absolute Gasteiger partial charge is 0.497 e. The van der Waals surface area contributed by atoms with Crippen LogP contribution in [0.4, 0.5) is 0 Å². The molecule has 0 atom stereocenters. The first kappa shape index (κ1) is 14.3. The maximum Gasteiger partial charge on any atom is 0.118 e. The number of benzene rings is 2. The van der Waals surface area contributed by atoms with E-state index in [1.165, 1.54) is 0 Å². The molecule has 0 amide bonds. The third kappa shape index (κ3) is 3.70. The number of rotatable bonds is 5. The second-order valence-electron chi connectivity index (χ2n) is 4.51. The molecule has 20 heavy (non-hydrogen) atoms. The third-order valence-corrected chi connectivity index (χ3v) is 3.02. The number of hydrogen-bond donors (Lipinski definition) is 2. The third-order valence-electron chi connectivity index (χ3n) is 3.02. The van der Waals surface area contributed by atoms with Gasteiger partial charge in [0, 0.05) is 0 Å². The highest BCUT2D eigenvalue weighted by atomic mass is 16.5. The van der Waals surface area contributed by atoms with Crippen molar-refractivity contribution in [2.24, 2.45) is 0 Å². The predicted molar refractivity (Wildman–Crippen MR) is 80.2 cm³/mol. The fourth-order valence-corrected chi connectivity index (χ4v) is 1.98. The van der Waals surface area contributed by atoms with Crippen molar-refractivity contribution in [3.63, 3.8) is 0 Å². The Morgan fingerprint density at radius 1 is 0.850 bits per heavy atom. The molecule has 0 unspecified atom stereocenters. The van der Waals surface area contributed by atoms with E-state index in [2.05, 4.69) is 0 Å². The molecule has 2 aromatic rings. The predicted octanol–water partition coefficient (Wildman–Crippen LogP) is 2.85. The number of aliphatic hydroxyl groups is 2. The number of methoxy groups -OCH3 is 1. The smallest absolute Gasteiger partial charge is 0.118 e. The van der Waals surface area contributed by atoms with Crippen molar-refractivity contribution in [2.75, 3.05) is 7.11 Å². The molecule has 0 heterocycles. The number of aliphatic hydroxyl groups excluding tert-OH is 2. The lowest BCUT2D eigenvalue weighted by Crippen LogP contribution is -1.90. The average Bonchev–Trinajstić information content (AvgIpc) is 2.53. The van der Waals surface area contributed by atoms with E-state index >= 15 is 0 Å². The molecule has 0 saturated carbocycles. The molecule has 0 aliphatic rings. The molecule has 0 aliphatic heterocycles. The minimum atomic E-state index is -0.0305. The van der Waals surface area contributed by atoms with Crippen molar-refractivity contribution in [1.29, 1.82) is 0 Å². The van der Waals surface area contributed by atoms with Crippen LogP contribution in [0.5, 0.6) is 5.75 Å². The van der Waals surface area contributed by atoms with E-state index in [9.17, 15) is 10.2 Å². The van der Waals surface area contributed by atoms with E-state index in [0.29, 0.717) is 0 Å². The van der Waals surface area contributed by atoms with E-state index in [-0.39, 0.29) is 13.2 Å². The normalized spacial score (nSPS) is 10.9. The van der Waals surface area contributed by atoms with Crippen LogP contribution < -0.4 is 4.74 Å². The second-order valence-corrected chi connectivity index (χ2v) is 4.51. The van der Waals surface area contributed by atoms with Crippen LogP contribution in [0.25, 0.3) is 12.2 Å². The van der Waals surface area contributed by atoms with Gasteiger partial charge in [0.05, 0.1) is 20.3 Å². The Hall–Kier alpha value is -2.10. The molecule has 0 aliphatic carbocycles. The topological polar surface area (TPSA) is 49.7 Å². The highest BCUT2D eigenvalue weighted by Crippen LogP contribution is 2.16. The summed E-state index contributed by atoms with van der Waals surface area (Å²) in [6.07, 6.45) is 3.94. The molecule has 2 rings (SSSR count). The van der Waals surface area contributed by atoms with Crippen molar-refractivity contribution < 1.29 is 14.9 Å². The summed E-state index contributed by atoms with van der Waals surface area (Å²) >= 11 is 0. The Balaban J connectivity index is 2.21. The van der Waals surface area contributed by atoms with Gasteiger partial charge in [-0.15, -0.1) is 0 Å². The van der Waals surface area contributed by atoms with Gasteiger partial charge in [-0.2, -0.15) is 0 Å². The maximum absolute atomic E-state index is 9.21. The van der Waals surface area contributed by atoms with E-state index in [1.54, 1.807) is 13.2 Å². The molecule has 2 N–H and O–H groups in total. The molecule has 2 aromatic carbocycles. The van der Waals surface area contributed by atoms with E-state index in [1.807, 2.05) is 48.6 Å². The van der Waals surface area contributed by atoms with Crippen LogP contribution in [0.3, 0.4) is 0 Å². The van der Waals surface area contributed by atoms with Gasteiger partial charge in [0.2, 0.25) is 0 Å². The molecule has 0 radical (unpaired) electrons. The van der Waals surface area contributed by atoms with Crippen LogP contribution in [0.15, 0.2) is 42.5 Å². The van der Waals surface area contributed by atoms with Gasteiger partial charge in [0.1, 0.15) is 5.75 Å². The fraction of sp³-hybridized carbons (Fsp3) is 0.176. The maximum atomic E-state index is 9.21. The van der Waals surface area contributed by atoms with Gasteiger partial charge >= 0.3 is 0 Å². The van der Waals surface area contributed by atoms with E-state index in [4.69, 9.17) is 4.74 Å². The van der Waals surface area contributed by atoms with E-state index < -0.39 is 0 Å². The molecule has 0 aromatic heterocycles. The molecular formula is C17H18O3. The summed E-state index contributed by atoms with van der Waals surface area (Å²) in [5.74, 6) is 0.826. The number of ether oxygens (including phenoxy) is 1. The van der Waals surface area contributed by atoms with Crippen LogP contribution in [0, 0.1) is 0 Å². The molecule has 3 nitrogen and oxygen atoms in total. The van der Waals surface area contributed by atoms with Gasteiger partial charge < -0.3 is 14.9 Å². The van der Waals surface area contributed by atoms with Crippen LogP contribution in [-0.4, -0.2) is 17.3 Å². The van der Waals surface area contributed by atoms with Crippen molar-refractivity contribution in [1.82, 2.24) is 0 Å². The van der Waals surface area contributed by atoms with Crippen molar-refractivity contribution in [3.05, 3.63) is 64.7 Å². The monoisotopic (exact) mass is 270 g/mol. The highest BCUT2D eigenvalue weighted by Gasteiger charge is 1.98. The van der Waals surface area contributed by atoms with Crippen LogP contribution in [-0.2, 0) is 13.2 Å². The molecule has 3 heteroatoms. The molecule has 0 spiro atoms. The van der Waals surface area contributed by atoms with Gasteiger partial charge in [0.15, 0.2) is 0 Å². The first-order valence-corrected chi connectivity index (χ1v) is 6.42. The average molecular weight is 270 g/mol. The van der Waals surface area contributed by atoms with Crippen LogP contribution in [0.1, 0.15) is 22.3 Å². The first-order chi connectivity index (χ1) is 9.75. The van der Waals surface area contributed by atoms with Gasteiger partial charge in [-0.05, 0) is 46.5 Å². The number of hydrogen-bond acceptors (Lipinski definition) is 3. The molecule has 0 fully saturated rings. The van der Waals surface area contributed by atoms with Crippen LogP contribution >= 0.6 is 0 Å². The zero-order valence-electron chi connectivity index (χ0n) is 11.4. The molecule has 0 bridgehead atoms. The molecular weight excluding hydrogens is 252 g/mol. The Labute approximate surface area is 118 Å². The van der Waals surface area contributed by atoms with Crippen LogP contribution in [0.2, 0.25) is 0 Å². The Morgan fingerprint density at radius 3 is 1.90 bits per heavy atom. The summed E-state index contributed by atoms with van der Waals surface area (Å²) in [7, 11) is 1.64. The zero-order valence-corrected chi connectivity index (χ0v) is 11.4. The van der Waals surface area contributed by atoms with Gasteiger partial charge in [-0.25, -0.2) is 0 Å². The van der Waals surface area contributed by atoms with Gasteiger partial charge in [0.25, 0.3) is 0 Å². The Kier molecular flexibility index (Phi) is 4.93. The Bertz CT molecular complexity index is 563. The summed E-state index contributed by atoms with van der Waals surface area (Å²) < 4.78 is 5.11. The fourth-order valence-electron chi connectivity index (χ4n) is 1.98. The second kappa shape index (κ2) is 6.89. The van der Waals surface area contributed by atoms with Crippen molar-refractivity contribution in [2.45, 2.75) is 13.2 Å². The minimum Gasteiger partial charge on any atom is -0.497 e. The summed E-state index contributed by atoms with van der Waals surface area (Å²) in [4.78, 5) is 0.